The number of hydrogen-bond donors (Lipinski definition) is 0. The SMILES string of the molecule is Cc1c(C)c(C)c(-c2c(C)c(C)c(C#N)c(C)c2C#N)c(C)c1C. The van der Waals surface area contributed by atoms with Crippen molar-refractivity contribution in [2.45, 2.75) is 55.4 Å². The summed E-state index contributed by atoms with van der Waals surface area (Å²) in [7, 11) is 0. The summed E-state index contributed by atoms with van der Waals surface area (Å²) in [5.41, 5.74) is 12.5. The zero-order chi connectivity index (χ0) is 18.3. The Hall–Kier alpha value is -2.58. The van der Waals surface area contributed by atoms with Crippen molar-refractivity contribution in [3.63, 3.8) is 0 Å². The Balaban J connectivity index is 3.12. The van der Waals surface area contributed by atoms with E-state index >= 15 is 0 Å². The van der Waals surface area contributed by atoms with Crippen LogP contribution in [0.4, 0.5) is 0 Å². The molecule has 0 aliphatic heterocycles. The lowest BCUT2D eigenvalue weighted by atomic mass is 9.80. The number of benzene rings is 2. The van der Waals surface area contributed by atoms with Crippen LogP contribution in [0, 0.1) is 78.1 Å². The first-order chi connectivity index (χ1) is 11.2. The normalized spacial score (nSPS) is 10.4. The third kappa shape index (κ3) is 2.31. The minimum Gasteiger partial charge on any atom is -0.192 e. The highest BCUT2D eigenvalue weighted by Gasteiger charge is 2.23. The summed E-state index contributed by atoms with van der Waals surface area (Å²) in [4.78, 5) is 0. The van der Waals surface area contributed by atoms with Gasteiger partial charge in [-0.05, 0) is 105 Å². The van der Waals surface area contributed by atoms with E-state index in [0.717, 1.165) is 27.8 Å². The first-order valence-corrected chi connectivity index (χ1v) is 8.20. The molecule has 0 aliphatic rings. The van der Waals surface area contributed by atoms with Crippen molar-refractivity contribution in [3.8, 4) is 23.3 Å². The molecule has 2 nitrogen and oxygen atoms in total. The van der Waals surface area contributed by atoms with Crippen LogP contribution >= 0.6 is 0 Å². The minimum absolute atomic E-state index is 0.628. The summed E-state index contributed by atoms with van der Waals surface area (Å²) >= 11 is 0. The van der Waals surface area contributed by atoms with Crippen LogP contribution in [0.5, 0.6) is 0 Å². The maximum Gasteiger partial charge on any atom is 0.100 e. The van der Waals surface area contributed by atoms with Crippen LogP contribution in [-0.2, 0) is 0 Å². The van der Waals surface area contributed by atoms with Gasteiger partial charge >= 0.3 is 0 Å². The lowest BCUT2D eigenvalue weighted by Gasteiger charge is -2.23. The van der Waals surface area contributed by atoms with Crippen LogP contribution in [0.15, 0.2) is 0 Å². The van der Waals surface area contributed by atoms with Gasteiger partial charge in [0.2, 0.25) is 0 Å². The molecule has 0 saturated heterocycles. The van der Waals surface area contributed by atoms with E-state index in [0.29, 0.717) is 11.1 Å². The van der Waals surface area contributed by atoms with Crippen LogP contribution in [-0.4, -0.2) is 0 Å². The fourth-order valence-electron chi connectivity index (χ4n) is 3.65. The van der Waals surface area contributed by atoms with Crippen LogP contribution in [0.1, 0.15) is 55.6 Å². The Morgan fingerprint density at radius 1 is 0.417 bits per heavy atom. The van der Waals surface area contributed by atoms with E-state index in [2.05, 4.69) is 46.8 Å². The van der Waals surface area contributed by atoms with Crippen LogP contribution < -0.4 is 0 Å². The maximum absolute atomic E-state index is 9.81. The van der Waals surface area contributed by atoms with Crippen LogP contribution in [0.2, 0.25) is 0 Å². The molecule has 0 unspecified atom stereocenters. The quantitative estimate of drug-likeness (QED) is 0.691. The van der Waals surface area contributed by atoms with Crippen LogP contribution in [0.3, 0.4) is 0 Å². The average molecular weight is 316 g/mol. The summed E-state index contributed by atoms with van der Waals surface area (Å²) in [5, 5.41) is 19.3. The molecule has 0 saturated carbocycles. The zero-order valence-corrected chi connectivity index (χ0v) is 15.9. The fourth-order valence-corrected chi connectivity index (χ4v) is 3.65. The molecule has 0 amide bonds. The van der Waals surface area contributed by atoms with E-state index in [9.17, 15) is 10.5 Å². The van der Waals surface area contributed by atoms with Crippen molar-refractivity contribution in [3.05, 3.63) is 55.6 Å². The van der Waals surface area contributed by atoms with E-state index < -0.39 is 0 Å². The third-order valence-electron chi connectivity index (χ3n) is 5.79. The number of hydrogen-bond acceptors (Lipinski definition) is 2. The second-order valence-electron chi connectivity index (χ2n) is 6.72. The first kappa shape index (κ1) is 17.8. The molecule has 2 aromatic rings. The van der Waals surface area contributed by atoms with Gasteiger partial charge in [0.1, 0.15) is 6.07 Å². The maximum atomic E-state index is 9.81. The van der Waals surface area contributed by atoms with Gasteiger partial charge in [-0.2, -0.15) is 10.5 Å². The van der Waals surface area contributed by atoms with Gasteiger partial charge in [-0.25, -0.2) is 0 Å². The highest BCUT2D eigenvalue weighted by atomic mass is 14.3. The molecule has 0 N–H and O–H groups in total. The van der Waals surface area contributed by atoms with Gasteiger partial charge in [0.15, 0.2) is 0 Å². The molecule has 2 heteroatoms. The van der Waals surface area contributed by atoms with Gasteiger partial charge in [0.05, 0.1) is 17.2 Å². The predicted octanol–water partition coefficient (Wildman–Crippen LogP) is 5.56. The highest BCUT2D eigenvalue weighted by molar-refractivity contribution is 5.84. The van der Waals surface area contributed by atoms with E-state index in [1.165, 1.54) is 27.8 Å². The molecular weight excluding hydrogens is 292 g/mol. The molecule has 2 aromatic carbocycles. The van der Waals surface area contributed by atoms with Crippen molar-refractivity contribution >= 4 is 0 Å². The van der Waals surface area contributed by atoms with E-state index in [-0.39, 0.29) is 0 Å². The summed E-state index contributed by atoms with van der Waals surface area (Å²) < 4.78 is 0. The lowest BCUT2D eigenvalue weighted by Crippen LogP contribution is -2.06. The lowest BCUT2D eigenvalue weighted by molar-refractivity contribution is 1.16. The Morgan fingerprint density at radius 2 is 0.792 bits per heavy atom. The standard InChI is InChI=1S/C22H24N2/c1-11-12(2)15(5)21(16(6)13(11)3)22-17(7)14(4)19(9-23)18(8)20(22)10-24/h1-8H3. The van der Waals surface area contributed by atoms with Gasteiger partial charge in [0.25, 0.3) is 0 Å². The largest absolute Gasteiger partial charge is 0.192 e. The fraction of sp³-hybridized carbons (Fsp3) is 0.364. The molecule has 122 valence electrons. The van der Waals surface area contributed by atoms with Gasteiger partial charge in [-0.15, -0.1) is 0 Å². The number of nitriles is 2. The van der Waals surface area contributed by atoms with E-state index in [4.69, 9.17) is 0 Å². The Bertz CT molecular complexity index is 919. The molecule has 0 fully saturated rings. The second-order valence-corrected chi connectivity index (χ2v) is 6.72. The van der Waals surface area contributed by atoms with Gasteiger partial charge in [0, 0.05) is 5.56 Å². The van der Waals surface area contributed by atoms with Crippen molar-refractivity contribution in [1.29, 1.82) is 10.5 Å². The molecule has 0 bridgehead atoms. The monoisotopic (exact) mass is 316 g/mol. The molecular formula is C22H24N2. The topological polar surface area (TPSA) is 47.6 Å². The summed E-state index contributed by atoms with van der Waals surface area (Å²) in [6.45, 7) is 16.6. The Labute approximate surface area is 145 Å². The summed E-state index contributed by atoms with van der Waals surface area (Å²) in [5.74, 6) is 0. The zero-order valence-electron chi connectivity index (χ0n) is 15.9. The van der Waals surface area contributed by atoms with E-state index in [1.54, 1.807) is 0 Å². The smallest absolute Gasteiger partial charge is 0.100 e. The van der Waals surface area contributed by atoms with Crippen molar-refractivity contribution < 1.29 is 0 Å². The van der Waals surface area contributed by atoms with Crippen molar-refractivity contribution in [1.82, 2.24) is 0 Å². The minimum atomic E-state index is 0.628. The third-order valence-corrected chi connectivity index (χ3v) is 5.79. The molecule has 2 rings (SSSR count). The first-order valence-electron chi connectivity index (χ1n) is 8.20. The van der Waals surface area contributed by atoms with Gasteiger partial charge in [-0.3, -0.25) is 0 Å². The second kappa shape index (κ2) is 6.14. The molecule has 0 spiro atoms. The van der Waals surface area contributed by atoms with Crippen molar-refractivity contribution in [2.24, 2.45) is 0 Å². The van der Waals surface area contributed by atoms with Crippen LogP contribution in [0.25, 0.3) is 11.1 Å². The molecule has 0 heterocycles. The van der Waals surface area contributed by atoms with Gasteiger partial charge in [-0.1, -0.05) is 0 Å². The predicted molar refractivity (Wildman–Crippen MR) is 99.2 cm³/mol. The Kier molecular flexibility index (Phi) is 4.54. The van der Waals surface area contributed by atoms with Gasteiger partial charge < -0.3 is 0 Å². The summed E-state index contributed by atoms with van der Waals surface area (Å²) in [6.07, 6.45) is 0. The molecule has 0 aromatic heterocycles. The summed E-state index contributed by atoms with van der Waals surface area (Å²) in [6, 6.07) is 4.63. The molecule has 0 aliphatic carbocycles. The molecule has 0 radical (unpaired) electrons. The number of rotatable bonds is 1. The number of nitrogens with zero attached hydrogens (tertiary/aromatic N) is 2. The highest BCUT2D eigenvalue weighted by Crippen LogP contribution is 2.40. The molecule has 0 atom stereocenters. The van der Waals surface area contributed by atoms with Crippen molar-refractivity contribution in [2.75, 3.05) is 0 Å². The Morgan fingerprint density at radius 3 is 1.21 bits per heavy atom. The molecule has 24 heavy (non-hydrogen) atoms. The average Bonchev–Trinajstić information content (AvgIpc) is 2.56. The van der Waals surface area contributed by atoms with E-state index in [1.807, 2.05) is 20.8 Å².